The number of fused-ring (bicyclic) bond motifs is 1. The molecule has 0 aliphatic heterocycles. The summed E-state index contributed by atoms with van der Waals surface area (Å²) in [5, 5.41) is 0.634. The van der Waals surface area contributed by atoms with Crippen LogP contribution in [0.5, 0.6) is 11.5 Å². The number of rotatable bonds is 7. The van der Waals surface area contributed by atoms with Crippen molar-refractivity contribution in [2.45, 2.75) is 19.9 Å². The normalized spacial score (nSPS) is 10.8. The molecule has 0 fully saturated rings. The molecule has 158 valence electrons. The highest BCUT2D eigenvalue weighted by Gasteiger charge is 2.25. The molecule has 0 atom stereocenters. The van der Waals surface area contributed by atoms with E-state index in [9.17, 15) is 4.79 Å². The third-order valence-corrected chi connectivity index (χ3v) is 6.09. The number of hydrogen-bond acceptors (Lipinski definition) is 6. The molecule has 7 heteroatoms. The predicted octanol–water partition coefficient (Wildman–Crippen LogP) is 5.12. The number of anilines is 1. The van der Waals surface area contributed by atoms with Crippen molar-refractivity contribution in [3.05, 3.63) is 77.6 Å². The number of aromatic nitrogens is 2. The van der Waals surface area contributed by atoms with Gasteiger partial charge in [-0.05, 0) is 47.9 Å². The Labute approximate surface area is 185 Å². The second kappa shape index (κ2) is 9.14. The van der Waals surface area contributed by atoms with Gasteiger partial charge in [-0.1, -0.05) is 36.5 Å². The molecule has 0 spiro atoms. The Morgan fingerprint density at radius 1 is 1.10 bits per heavy atom. The first-order valence-corrected chi connectivity index (χ1v) is 10.8. The zero-order valence-corrected chi connectivity index (χ0v) is 18.5. The quantitative estimate of drug-likeness (QED) is 0.405. The predicted molar refractivity (Wildman–Crippen MR) is 123 cm³/mol. The lowest BCUT2D eigenvalue weighted by Gasteiger charge is -2.21. The van der Waals surface area contributed by atoms with Gasteiger partial charge in [0.05, 0.1) is 36.5 Å². The smallest absolute Gasteiger partial charge is 0.264 e. The van der Waals surface area contributed by atoms with Crippen molar-refractivity contribution >= 4 is 32.6 Å². The fourth-order valence-corrected chi connectivity index (χ4v) is 4.43. The third-order valence-electron chi connectivity index (χ3n) is 5.05. The molecule has 0 saturated carbocycles. The molecule has 2 aromatic heterocycles. The minimum Gasteiger partial charge on any atom is -0.497 e. The number of benzene rings is 2. The van der Waals surface area contributed by atoms with E-state index >= 15 is 0 Å². The van der Waals surface area contributed by atoms with Gasteiger partial charge in [-0.15, -0.1) is 0 Å². The molecule has 31 heavy (non-hydrogen) atoms. The Bertz CT molecular complexity index is 1210. The van der Waals surface area contributed by atoms with Gasteiger partial charge in [0, 0.05) is 12.4 Å². The molecule has 0 radical (unpaired) electrons. The summed E-state index contributed by atoms with van der Waals surface area (Å²) >= 11 is 1.50. The highest BCUT2D eigenvalue weighted by Crippen LogP contribution is 2.34. The van der Waals surface area contributed by atoms with Crippen molar-refractivity contribution < 1.29 is 14.3 Å². The van der Waals surface area contributed by atoms with Crippen LogP contribution in [0.1, 0.15) is 28.4 Å². The van der Waals surface area contributed by atoms with E-state index in [4.69, 9.17) is 14.5 Å². The number of aryl methyl sites for hydroxylation is 1. The summed E-state index contributed by atoms with van der Waals surface area (Å²) in [6.45, 7) is 2.45. The number of carbonyl (C=O) groups excluding carboxylic acids is 1. The maximum Gasteiger partial charge on any atom is 0.264 e. The molecule has 1 amide bonds. The van der Waals surface area contributed by atoms with Gasteiger partial charge in [-0.2, -0.15) is 0 Å². The van der Waals surface area contributed by atoms with Gasteiger partial charge in [-0.3, -0.25) is 14.7 Å². The SMILES string of the molecule is CCc1cccc2sc(N(Cc3cccnc3)C(=O)c3cc(OC)ccc3OC)nc12. The van der Waals surface area contributed by atoms with Crippen LogP contribution in [0.4, 0.5) is 5.13 Å². The zero-order chi connectivity index (χ0) is 21.8. The van der Waals surface area contributed by atoms with E-state index in [-0.39, 0.29) is 5.91 Å². The second-order valence-corrected chi connectivity index (χ2v) is 7.94. The average Bonchev–Trinajstić information content (AvgIpc) is 3.26. The number of methoxy groups -OCH3 is 2. The van der Waals surface area contributed by atoms with Crippen LogP contribution in [-0.4, -0.2) is 30.1 Å². The highest BCUT2D eigenvalue weighted by atomic mass is 32.1. The number of amides is 1. The van der Waals surface area contributed by atoms with Crippen molar-refractivity contribution in [3.63, 3.8) is 0 Å². The van der Waals surface area contributed by atoms with Crippen molar-refractivity contribution in [3.8, 4) is 11.5 Å². The van der Waals surface area contributed by atoms with Crippen molar-refractivity contribution in [2.24, 2.45) is 0 Å². The van der Waals surface area contributed by atoms with Crippen LogP contribution in [0, 0.1) is 0 Å². The summed E-state index contributed by atoms with van der Waals surface area (Å²) in [5.41, 5.74) is 3.42. The standard InChI is InChI=1S/C24H23N3O3S/c1-4-17-8-5-9-21-22(17)26-24(31-21)27(15-16-7-6-12-25-14-16)23(28)19-13-18(29-2)10-11-20(19)30-3/h5-14H,4,15H2,1-3H3. The first-order chi connectivity index (χ1) is 15.1. The fraction of sp³-hybridized carbons (Fsp3) is 0.208. The van der Waals surface area contributed by atoms with E-state index in [2.05, 4.69) is 18.0 Å². The molecule has 4 rings (SSSR count). The van der Waals surface area contributed by atoms with E-state index in [1.807, 2.05) is 24.3 Å². The molecule has 0 bridgehead atoms. The maximum atomic E-state index is 13.8. The first-order valence-electron chi connectivity index (χ1n) is 9.95. The molecule has 0 aliphatic rings. The summed E-state index contributed by atoms with van der Waals surface area (Å²) in [7, 11) is 3.12. The van der Waals surface area contributed by atoms with E-state index in [1.165, 1.54) is 11.3 Å². The van der Waals surface area contributed by atoms with Crippen molar-refractivity contribution in [2.75, 3.05) is 19.1 Å². The Balaban J connectivity index is 1.83. The van der Waals surface area contributed by atoms with E-state index in [1.54, 1.807) is 49.7 Å². The van der Waals surface area contributed by atoms with Crippen LogP contribution >= 0.6 is 11.3 Å². The summed E-state index contributed by atoms with van der Waals surface area (Å²) in [5.74, 6) is 0.858. The van der Waals surface area contributed by atoms with Gasteiger partial charge in [0.25, 0.3) is 5.91 Å². The summed E-state index contributed by atoms with van der Waals surface area (Å²) in [6.07, 6.45) is 4.35. The minimum absolute atomic E-state index is 0.211. The Morgan fingerprint density at radius 2 is 1.97 bits per heavy atom. The summed E-state index contributed by atoms with van der Waals surface area (Å²) in [6, 6.07) is 15.1. The lowest BCUT2D eigenvalue weighted by atomic mass is 10.1. The van der Waals surface area contributed by atoms with E-state index < -0.39 is 0 Å². The van der Waals surface area contributed by atoms with Gasteiger partial charge >= 0.3 is 0 Å². The summed E-state index contributed by atoms with van der Waals surface area (Å²) in [4.78, 5) is 24.5. The Hall–Kier alpha value is -3.45. The molecular weight excluding hydrogens is 410 g/mol. The molecule has 0 unspecified atom stereocenters. The van der Waals surface area contributed by atoms with Crippen LogP contribution in [-0.2, 0) is 13.0 Å². The molecule has 4 aromatic rings. The van der Waals surface area contributed by atoms with E-state index in [0.717, 1.165) is 27.8 Å². The molecule has 0 aliphatic carbocycles. The zero-order valence-electron chi connectivity index (χ0n) is 17.7. The van der Waals surface area contributed by atoms with Crippen LogP contribution in [0.15, 0.2) is 60.9 Å². The van der Waals surface area contributed by atoms with Gasteiger partial charge in [0.2, 0.25) is 0 Å². The van der Waals surface area contributed by atoms with E-state index in [0.29, 0.717) is 28.7 Å². The molecule has 6 nitrogen and oxygen atoms in total. The van der Waals surface area contributed by atoms with Gasteiger partial charge in [-0.25, -0.2) is 4.98 Å². The second-order valence-electron chi connectivity index (χ2n) is 6.93. The first kappa shape index (κ1) is 20.8. The largest absolute Gasteiger partial charge is 0.497 e. The van der Waals surface area contributed by atoms with Crippen molar-refractivity contribution in [1.29, 1.82) is 0 Å². The van der Waals surface area contributed by atoms with Gasteiger partial charge < -0.3 is 9.47 Å². The molecular formula is C24H23N3O3S. The number of carbonyl (C=O) groups is 1. The topological polar surface area (TPSA) is 64.6 Å². The fourth-order valence-electron chi connectivity index (χ4n) is 3.42. The number of pyridine rings is 1. The van der Waals surface area contributed by atoms with Crippen LogP contribution in [0.3, 0.4) is 0 Å². The number of nitrogens with zero attached hydrogens (tertiary/aromatic N) is 3. The highest BCUT2D eigenvalue weighted by molar-refractivity contribution is 7.22. The average molecular weight is 434 g/mol. The lowest BCUT2D eigenvalue weighted by Crippen LogP contribution is -2.30. The Morgan fingerprint density at radius 3 is 2.68 bits per heavy atom. The minimum atomic E-state index is -0.211. The van der Waals surface area contributed by atoms with Crippen LogP contribution < -0.4 is 14.4 Å². The van der Waals surface area contributed by atoms with Crippen LogP contribution in [0.25, 0.3) is 10.2 Å². The molecule has 0 saturated heterocycles. The number of ether oxygens (including phenoxy) is 2. The van der Waals surface area contributed by atoms with Crippen LogP contribution in [0.2, 0.25) is 0 Å². The maximum absolute atomic E-state index is 13.8. The van der Waals surface area contributed by atoms with Gasteiger partial charge in [0.1, 0.15) is 11.5 Å². The number of hydrogen-bond donors (Lipinski definition) is 0. The molecule has 0 N–H and O–H groups in total. The van der Waals surface area contributed by atoms with Crippen molar-refractivity contribution in [1.82, 2.24) is 9.97 Å². The number of thiazole rings is 1. The lowest BCUT2D eigenvalue weighted by molar-refractivity contribution is 0.0982. The number of para-hydroxylation sites is 1. The molecule has 2 heterocycles. The molecule has 2 aromatic carbocycles. The third kappa shape index (κ3) is 4.22. The monoisotopic (exact) mass is 433 g/mol. The Kier molecular flexibility index (Phi) is 6.13. The summed E-state index contributed by atoms with van der Waals surface area (Å²) < 4.78 is 11.9. The van der Waals surface area contributed by atoms with Gasteiger partial charge in [0.15, 0.2) is 5.13 Å².